The monoisotopic (exact) mass is 413 g/mol. The number of halogens is 1. The highest BCUT2D eigenvalue weighted by atomic mass is 79.9. The summed E-state index contributed by atoms with van der Waals surface area (Å²) in [6.45, 7) is 2.81. The molecule has 1 aliphatic heterocycles. The summed E-state index contributed by atoms with van der Waals surface area (Å²) < 4.78 is 11.1. The number of nitrogens with zero attached hydrogens (tertiary/aromatic N) is 3. The van der Waals surface area contributed by atoms with Crippen LogP contribution in [0.15, 0.2) is 33.7 Å². The Bertz CT molecular complexity index is 615. The molecule has 0 aromatic heterocycles. The van der Waals surface area contributed by atoms with Crippen LogP contribution in [0.1, 0.15) is 5.56 Å². The molecule has 0 bridgehead atoms. The number of morpholine rings is 1. The zero-order chi connectivity index (χ0) is 17.5. The van der Waals surface area contributed by atoms with Crippen LogP contribution in [0.2, 0.25) is 0 Å². The van der Waals surface area contributed by atoms with Crippen LogP contribution in [0.4, 0.5) is 0 Å². The van der Waals surface area contributed by atoms with Crippen LogP contribution >= 0.6 is 28.1 Å². The quantitative estimate of drug-likeness (QED) is 0.326. The van der Waals surface area contributed by atoms with Crippen molar-refractivity contribution in [2.45, 2.75) is 0 Å². The molecule has 8 heteroatoms. The third kappa shape index (κ3) is 5.25. The van der Waals surface area contributed by atoms with Crippen molar-refractivity contribution in [1.82, 2.24) is 9.80 Å². The van der Waals surface area contributed by atoms with Crippen LogP contribution in [0.5, 0.6) is 0 Å². The van der Waals surface area contributed by atoms with Gasteiger partial charge in [0.15, 0.2) is 5.11 Å². The lowest BCUT2D eigenvalue weighted by Gasteiger charge is -2.28. The largest absolute Gasteiger partial charge is 0.468 e. The zero-order valence-electron chi connectivity index (χ0n) is 13.7. The van der Waals surface area contributed by atoms with E-state index in [9.17, 15) is 4.79 Å². The standard InChI is InChI=1S/C16H20BrN3O3S/c1-19(11-14(21)22-2)15(12-3-5-13(17)6-4-12)18-16(24)20-7-9-23-10-8-20/h3-6H,7-11H2,1-2H3/b18-15-. The van der Waals surface area contributed by atoms with E-state index in [-0.39, 0.29) is 12.5 Å². The summed E-state index contributed by atoms with van der Waals surface area (Å²) in [6.07, 6.45) is 0. The number of thiocarbonyl (C=S) groups is 1. The van der Waals surface area contributed by atoms with Crippen LogP contribution in [-0.2, 0) is 14.3 Å². The maximum atomic E-state index is 11.6. The van der Waals surface area contributed by atoms with Gasteiger partial charge in [0.1, 0.15) is 12.4 Å². The first-order valence-electron chi connectivity index (χ1n) is 7.50. The van der Waals surface area contributed by atoms with E-state index in [0.717, 1.165) is 23.1 Å². The van der Waals surface area contributed by atoms with E-state index >= 15 is 0 Å². The minimum atomic E-state index is -0.334. The molecule has 1 aliphatic rings. The third-order valence-electron chi connectivity index (χ3n) is 3.54. The molecule has 130 valence electrons. The number of esters is 1. The molecule has 0 N–H and O–H groups in total. The van der Waals surface area contributed by atoms with Crippen LogP contribution in [0, 0.1) is 0 Å². The number of likely N-dealkylation sites (N-methyl/N-ethyl adjacent to an activating group) is 1. The molecule has 0 atom stereocenters. The summed E-state index contributed by atoms with van der Waals surface area (Å²) in [5.74, 6) is 0.295. The van der Waals surface area contributed by atoms with Gasteiger partial charge in [-0.05, 0) is 24.4 Å². The molecule has 0 saturated carbocycles. The number of amidine groups is 1. The molecule has 6 nitrogen and oxygen atoms in total. The molecular weight excluding hydrogens is 394 g/mol. The summed E-state index contributed by atoms with van der Waals surface area (Å²) in [7, 11) is 3.16. The number of ether oxygens (including phenoxy) is 2. The smallest absolute Gasteiger partial charge is 0.325 e. The molecule has 0 aliphatic carbocycles. The van der Waals surface area contributed by atoms with Gasteiger partial charge in [0, 0.05) is 30.2 Å². The second kappa shape index (κ2) is 9.10. The van der Waals surface area contributed by atoms with Crippen LogP contribution in [0.3, 0.4) is 0 Å². The lowest BCUT2D eigenvalue weighted by atomic mass is 10.2. The number of carbonyl (C=O) groups excluding carboxylic acids is 1. The maximum absolute atomic E-state index is 11.6. The fourth-order valence-electron chi connectivity index (χ4n) is 2.22. The van der Waals surface area contributed by atoms with Gasteiger partial charge in [-0.3, -0.25) is 4.79 Å². The average molecular weight is 414 g/mol. The third-order valence-corrected chi connectivity index (χ3v) is 4.42. The first-order chi connectivity index (χ1) is 11.5. The molecule has 0 amide bonds. The van der Waals surface area contributed by atoms with Crippen molar-refractivity contribution < 1.29 is 14.3 Å². The van der Waals surface area contributed by atoms with E-state index < -0.39 is 0 Å². The number of hydrogen-bond acceptors (Lipinski definition) is 4. The second-order valence-corrected chi connectivity index (χ2v) is 6.54. The molecule has 1 saturated heterocycles. The molecular formula is C16H20BrN3O3S. The van der Waals surface area contributed by atoms with E-state index in [2.05, 4.69) is 20.9 Å². The normalized spacial score (nSPS) is 15.1. The summed E-state index contributed by atoms with van der Waals surface area (Å²) in [5.41, 5.74) is 0.875. The average Bonchev–Trinajstić information content (AvgIpc) is 2.60. The molecule has 24 heavy (non-hydrogen) atoms. The lowest BCUT2D eigenvalue weighted by molar-refractivity contribution is -0.140. The number of hydrogen-bond donors (Lipinski definition) is 0. The summed E-state index contributed by atoms with van der Waals surface area (Å²) in [5, 5.41) is 0.493. The Hall–Kier alpha value is -1.51. The molecule has 1 fully saturated rings. The van der Waals surface area contributed by atoms with Crippen LogP contribution in [0.25, 0.3) is 0 Å². The Morgan fingerprint density at radius 3 is 2.58 bits per heavy atom. The number of methoxy groups -OCH3 is 1. The van der Waals surface area contributed by atoms with E-state index in [1.54, 1.807) is 11.9 Å². The SMILES string of the molecule is COC(=O)CN(C)/C(=N\C(=S)N1CCOCC1)c1ccc(Br)cc1. The predicted octanol–water partition coefficient (Wildman–Crippen LogP) is 1.92. The van der Waals surface area contributed by atoms with Crippen molar-refractivity contribution in [2.24, 2.45) is 4.99 Å². The van der Waals surface area contributed by atoms with E-state index in [1.165, 1.54) is 7.11 Å². The molecule has 2 rings (SSSR count). The Morgan fingerprint density at radius 2 is 2.00 bits per heavy atom. The summed E-state index contributed by atoms with van der Waals surface area (Å²) >= 11 is 8.89. The molecule has 1 aromatic carbocycles. The van der Waals surface area contributed by atoms with Gasteiger partial charge in [0.2, 0.25) is 0 Å². The molecule has 1 heterocycles. The van der Waals surface area contributed by atoms with Gasteiger partial charge in [-0.1, -0.05) is 28.1 Å². The Labute approximate surface area is 155 Å². The maximum Gasteiger partial charge on any atom is 0.325 e. The summed E-state index contributed by atoms with van der Waals surface area (Å²) in [4.78, 5) is 20.0. The first-order valence-corrected chi connectivity index (χ1v) is 8.70. The van der Waals surface area contributed by atoms with Gasteiger partial charge in [-0.15, -0.1) is 0 Å². The number of rotatable bonds is 3. The number of aliphatic imine (C=N–C) groups is 1. The van der Waals surface area contributed by atoms with Gasteiger partial charge in [-0.25, -0.2) is 4.99 Å². The van der Waals surface area contributed by atoms with Gasteiger partial charge in [-0.2, -0.15) is 0 Å². The van der Waals surface area contributed by atoms with Crippen LogP contribution < -0.4 is 0 Å². The van der Waals surface area contributed by atoms with Gasteiger partial charge >= 0.3 is 5.97 Å². The first kappa shape index (κ1) is 18.8. The summed E-state index contributed by atoms with van der Waals surface area (Å²) in [6, 6.07) is 7.71. The van der Waals surface area contributed by atoms with E-state index in [1.807, 2.05) is 29.2 Å². The van der Waals surface area contributed by atoms with Gasteiger partial charge in [0.05, 0.1) is 20.3 Å². The fraction of sp³-hybridized carbons (Fsp3) is 0.438. The van der Waals surface area contributed by atoms with Crippen molar-refractivity contribution in [2.75, 3.05) is 47.0 Å². The number of carbonyl (C=O) groups is 1. The molecule has 0 unspecified atom stereocenters. The van der Waals surface area contributed by atoms with Crippen molar-refractivity contribution in [3.63, 3.8) is 0 Å². The van der Waals surface area contributed by atoms with Crippen molar-refractivity contribution in [3.8, 4) is 0 Å². The van der Waals surface area contributed by atoms with Gasteiger partial charge < -0.3 is 19.3 Å². The van der Waals surface area contributed by atoms with E-state index in [0.29, 0.717) is 24.2 Å². The minimum absolute atomic E-state index is 0.0944. The van der Waals surface area contributed by atoms with Crippen molar-refractivity contribution >= 4 is 45.1 Å². The van der Waals surface area contributed by atoms with Crippen LogP contribution in [-0.4, -0.2) is 73.7 Å². The minimum Gasteiger partial charge on any atom is -0.468 e. The van der Waals surface area contributed by atoms with Crippen molar-refractivity contribution in [3.05, 3.63) is 34.3 Å². The van der Waals surface area contributed by atoms with Crippen molar-refractivity contribution in [1.29, 1.82) is 0 Å². The predicted molar refractivity (Wildman–Crippen MR) is 100 cm³/mol. The highest BCUT2D eigenvalue weighted by Crippen LogP contribution is 2.13. The topological polar surface area (TPSA) is 54.4 Å². The zero-order valence-corrected chi connectivity index (χ0v) is 16.1. The molecule has 0 spiro atoms. The molecule has 0 radical (unpaired) electrons. The fourth-order valence-corrected chi connectivity index (χ4v) is 2.75. The Kier molecular flexibility index (Phi) is 7.14. The van der Waals surface area contributed by atoms with E-state index in [4.69, 9.17) is 21.7 Å². The second-order valence-electron chi connectivity index (χ2n) is 5.26. The number of benzene rings is 1. The highest BCUT2D eigenvalue weighted by Gasteiger charge is 2.18. The Balaban J connectivity index is 2.26. The lowest BCUT2D eigenvalue weighted by Crippen LogP contribution is -2.41. The van der Waals surface area contributed by atoms with Gasteiger partial charge in [0.25, 0.3) is 0 Å². The Morgan fingerprint density at radius 1 is 1.38 bits per heavy atom. The molecule has 1 aromatic rings. The highest BCUT2D eigenvalue weighted by molar-refractivity contribution is 9.10.